The maximum Gasteiger partial charge on any atom is 0.226 e. The van der Waals surface area contributed by atoms with E-state index in [4.69, 9.17) is 9.63 Å². The van der Waals surface area contributed by atoms with Crippen LogP contribution >= 0.6 is 0 Å². The molecule has 0 spiro atoms. The molecule has 0 saturated carbocycles. The number of aliphatic hydroxyl groups is 1. The first-order valence-corrected chi connectivity index (χ1v) is 3.79. The molecule has 0 amide bonds. The van der Waals surface area contributed by atoms with Gasteiger partial charge >= 0.3 is 0 Å². The molecule has 0 aliphatic heterocycles. The van der Waals surface area contributed by atoms with E-state index in [0.29, 0.717) is 18.1 Å². The smallest absolute Gasteiger partial charge is 0.226 e. The average Bonchev–Trinajstić information content (AvgIpc) is 2.38. The third-order valence-electron chi connectivity index (χ3n) is 1.31. The van der Waals surface area contributed by atoms with Crippen molar-refractivity contribution in [2.24, 2.45) is 0 Å². The number of nitrogens with zero attached hydrogens (tertiary/aromatic N) is 2. The van der Waals surface area contributed by atoms with E-state index in [1.165, 1.54) is 0 Å². The number of aryl methyl sites for hydroxylation is 1. The highest BCUT2D eigenvalue weighted by atomic mass is 16.5. The van der Waals surface area contributed by atoms with E-state index in [2.05, 4.69) is 17.1 Å². The molecule has 0 radical (unpaired) electrons. The van der Waals surface area contributed by atoms with E-state index in [-0.39, 0.29) is 6.61 Å². The summed E-state index contributed by atoms with van der Waals surface area (Å²) in [5, 5.41) is 12.2. The van der Waals surface area contributed by atoms with Crippen LogP contribution in [0.25, 0.3) is 0 Å². The fraction of sp³-hybridized carbons (Fsp3) is 0.714. The third-order valence-corrected chi connectivity index (χ3v) is 1.31. The molecular weight excluding hydrogens is 144 g/mol. The summed E-state index contributed by atoms with van der Waals surface area (Å²) in [6, 6.07) is 0. The second-order valence-electron chi connectivity index (χ2n) is 2.33. The van der Waals surface area contributed by atoms with Gasteiger partial charge in [0.1, 0.15) is 0 Å². The van der Waals surface area contributed by atoms with E-state index in [1.807, 2.05) is 0 Å². The van der Waals surface area contributed by atoms with Crippen LogP contribution in [0.5, 0.6) is 0 Å². The highest BCUT2D eigenvalue weighted by Crippen LogP contribution is 2.00. The number of aliphatic hydroxyl groups excluding tert-OH is 1. The highest BCUT2D eigenvalue weighted by molar-refractivity contribution is 4.85. The van der Waals surface area contributed by atoms with Crippen LogP contribution in [0.3, 0.4) is 0 Å². The van der Waals surface area contributed by atoms with Crippen molar-refractivity contribution in [1.82, 2.24) is 10.1 Å². The van der Waals surface area contributed by atoms with Crippen molar-refractivity contribution in [3.8, 4) is 0 Å². The molecular formula is C7H12N2O2. The van der Waals surface area contributed by atoms with E-state index in [1.54, 1.807) is 0 Å². The lowest BCUT2D eigenvalue weighted by Crippen LogP contribution is -1.93. The zero-order valence-corrected chi connectivity index (χ0v) is 6.58. The maximum absolute atomic E-state index is 8.54. The molecule has 0 aliphatic carbocycles. The van der Waals surface area contributed by atoms with Crippen molar-refractivity contribution < 1.29 is 9.63 Å². The largest absolute Gasteiger partial charge is 0.396 e. The van der Waals surface area contributed by atoms with Crippen LogP contribution in [0.2, 0.25) is 0 Å². The van der Waals surface area contributed by atoms with Gasteiger partial charge in [-0.3, -0.25) is 0 Å². The van der Waals surface area contributed by atoms with Gasteiger partial charge in [-0.1, -0.05) is 12.1 Å². The van der Waals surface area contributed by atoms with Crippen molar-refractivity contribution in [3.63, 3.8) is 0 Å². The Morgan fingerprint density at radius 1 is 1.45 bits per heavy atom. The van der Waals surface area contributed by atoms with Crippen LogP contribution in [0, 0.1) is 0 Å². The first kappa shape index (κ1) is 8.20. The summed E-state index contributed by atoms with van der Waals surface area (Å²) in [4.78, 5) is 4.05. The summed E-state index contributed by atoms with van der Waals surface area (Å²) >= 11 is 0. The molecule has 1 N–H and O–H groups in total. The Bertz CT molecular complexity index is 189. The molecule has 0 unspecified atom stereocenters. The highest BCUT2D eigenvalue weighted by Gasteiger charge is 2.03. The Kier molecular flexibility index (Phi) is 3.04. The van der Waals surface area contributed by atoms with E-state index in [0.717, 1.165) is 12.8 Å². The van der Waals surface area contributed by atoms with Crippen molar-refractivity contribution in [2.45, 2.75) is 26.2 Å². The maximum atomic E-state index is 8.54. The van der Waals surface area contributed by atoms with Gasteiger partial charge in [0, 0.05) is 12.8 Å². The van der Waals surface area contributed by atoms with Crippen LogP contribution in [0.4, 0.5) is 0 Å². The predicted molar refractivity (Wildman–Crippen MR) is 39.1 cm³/mol. The van der Waals surface area contributed by atoms with Gasteiger partial charge in [-0.05, 0) is 6.42 Å². The second kappa shape index (κ2) is 4.08. The molecule has 4 nitrogen and oxygen atoms in total. The van der Waals surface area contributed by atoms with Crippen LogP contribution < -0.4 is 0 Å². The molecule has 1 heterocycles. The average molecular weight is 156 g/mol. The summed E-state index contributed by atoms with van der Waals surface area (Å²) in [5.74, 6) is 1.26. The quantitative estimate of drug-likeness (QED) is 0.691. The monoisotopic (exact) mass is 156 g/mol. The minimum Gasteiger partial charge on any atom is -0.396 e. The summed E-state index contributed by atoms with van der Waals surface area (Å²) < 4.78 is 4.89. The predicted octanol–water partition coefficient (Wildman–Crippen LogP) is 0.557. The van der Waals surface area contributed by atoms with Crippen LogP contribution in [0.1, 0.15) is 25.1 Å². The number of rotatable bonds is 4. The van der Waals surface area contributed by atoms with E-state index in [9.17, 15) is 0 Å². The normalized spacial score (nSPS) is 10.4. The van der Waals surface area contributed by atoms with Gasteiger partial charge < -0.3 is 9.63 Å². The summed E-state index contributed by atoms with van der Waals surface area (Å²) in [5.41, 5.74) is 0. The molecule has 62 valence electrons. The van der Waals surface area contributed by atoms with Crippen molar-refractivity contribution in [2.75, 3.05) is 6.61 Å². The Morgan fingerprint density at radius 3 is 2.91 bits per heavy atom. The fourth-order valence-electron chi connectivity index (χ4n) is 0.807. The lowest BCUT2D eigenvalue weighted by molar-refractivity contribution is 0.292. The van der Waals surface area contributed by atoms with Gasteiger partial charge in [0.05, 0.1) is 6.61 Å². The standard InChI is InChI=1S/C7H12N2O2/c1-2-3-7-8-6(4-5-10)9-11-7/h10H,2-5H2,1H3. The van der Waals surface area contributed by atoms with Gasteiger partial charge in [-0.15, -0.1) is 0 Å². The summed E-state index contributed by atoms with van der Waals surface area (Å²) in [6.45, 7) is 2.13. The molecule has 1 aromatic rings. The molecule has 0 aromatic carbocycles. The van der Waals surface area contributed by atoms with E-state index >= 15 is 0 Å². The zero-order chi connectivity index (χ0) is 8.10. The first-order valence-electron chi connectivity index (χ1n) is 3.79. The molecule has 0 atom stereocenters. The lowest BCUT2D eigenvalue weighted by atomic mass is 10.3. The molecule has 0 fully saturated rings. The van der Waals surface area contributed by atoms with Gasteiger partial charge in [0.25, 0.3) is 0 Å². The Morgan fingerprint density at radius 2 is 2.27 bits per heavy atom. The van der Waals surface area contributed by atoms with Crippen LogP contribution in [-0.4, -0.2) is 21.9 Å². The zero-order valence-electron chi connectivity index (χ0n) is 6.58. The van der Waals surface area contributed by atoms with Gasteiger partial charge in [-0.25, -0.2) is 0 Å². The Labute approximate surface area is 65.2 Å². The molecule has 0 bridgehead atoms. The van der Waals surface area contributed by atoms with Gasteiger partial charge in [0.2, 0.25) is 5.89 Å². The number of hydrogen-bond donors (Lipinski definition) is 1. The van der Waals surface area contributed by atoms with E-state index < -0.39 is 0 Å². The number of aromatic nitrogens is 2. The SMILES string of the molecule is CCCc1nc(CCO)no1. The summed E-state index contributed by atoms with van der Waals surface area (Å²) in [7, 11) is 0. The van der Waals surface area contributed by atoms with Gasteiger partial charge in [0.15, 0.2) is 5.82 Å². The first-order chi connectivity index (χ1) is 5.36. The molecule has 0 aliphatic rings. The molecule has 4 heteroatoms. The molecule has 1 aromatic heterocycles. The minimum atomic E-state index is 0.0745. The number of hydrogen-bond acceptors (Lipinski definition) is 4. The third kappa shape index (κ3) is 2.31. The molecule has 1 rings (SSSR count). The fourth-order valence-corrected chi connectivity index (χ4v) is 0.807. The van der Waals surface area contributed by atoms with Crippen molar-refractivity contribution >= 4 is 0 Å². The topological polar surface area (TPSA) is 59.2 Å². The van der Waals surface area contributed by atoms with Crippen LogP contribution in [-0.2, 0) is 12.8 Å². The Balaban J connectivity index is 2.51. The van der Waals surface area contributed by atoms with Crippen molar-refractivity contribution in [1.29, 1.82) is 0 Å². The van der Waals surface area contributed by atoms with Crippen molar-refractivity contribution in [3.05, 3.63) is 11.7 Å². The minimum absolute atomic E-state index is 0.0745. The summed E-state index contributed by atoms with van der Waals surface area (Å²) in [6.07, 6.45) is 2.30. The second-order valence-corrected chi connectivity index (χ2v) is 2.33. The lowest BCUT2D eigenvalue weighted by Gasteiger charge is -1.84. The van der Waals surface area contributed by atoms with Crippen LogP contribution in [0.15, 0.2) is 4.52 Å². The van der Waals surface area contributed by atoms with Gasteiger partial charge in [-0.2, -0.15) is 4.98 Å². The molecule has 11 heavy (non-hydrogen) atoms. The Hall–Kier alpha value is -0.900. The molecule has 0 saturated heterocycles.